The molecule has 0 aromatic heterocycles. The van der Waals surface area contributed by atoms with E-state index < -0.39 is 5.97 Å². The van der Waals surface area contributed by atoms with Crippen molar-refractivity contribution in [2.45, 2.75) is 26.2 Å². The largest absolute Gasteiger partial charge is 0.482 e. The summed E-state index contributed by atoms with van der Waals surface area (Å²) in [6, 6.07) is 13.2. The monoisotopic (exact) mass is 413 g/mol. The summed E-state index contributed by atoms with van der Waals surface area (Å²) in [4.78, 5) is 26.3. The van der Waals surface area contributed by atoms with Crippen LogP contribution >= 0.6 is 11.6 Å². The molecule has 3 rings (SSSR count). The predicted molar refractivity (Wildman–Crippen MR) is 114 cm³/mol. The number of aryl methyl sites for hydroxylation is 1. The Bertz CT molecular complexity index is 981. The van der Waals surface area contributed by atoms with Crippen molar-refractivity contribution in [3.63, 3.8) is 0 Å². The van der Waals surface area contributed by atoms with E-state index in [0.717, 1.165) is 22.5 Å². The van der Waals surface area contributed by atoms with Crippen LogP contribution in [0.3, 0.4) is 0 Å². The molecule has 0 fully saturated rings. The maximum absolute atomic E-state index is 12.4. The van der Waals surface area contributed by atoms with Gasteiger partial charge in [-0.1, -0.05) is 43.6 Å². The van der Waals surface area contributed by atoms with Crippen molar-refractivity contribution in [2.75, 3.05) is 25.2 Å². The number of fused-ring (bicyclic) bond motifs is 1. The van der Waals surface area contributed by atoms with Gasteiger partial charge in [0.2, 0.25) is 0 Å². The fraction of sp³-hybridized carbons (Fsp3) is 0.304. The number of nitrogens with zero attached hydrogens (tertiary/aromatic N) is 1. The highest BCUT2D eigenvalue weighted by Gasteiger charge is 2.38. The lowest BCUT2D eigenvalue weighted by atomic mass is 9.83. The van der Waals surface area contributed by atoms with Gasteiger partial charge in [-0.2, -0.15) is 0 Å². The van der Waals surface area contributed by atoms with Crippen LogP contribution < -0.4 is 9.64 Å². The number of esters is 1. The van der Waals surface area contributed by atoms with Crippen LogP contribution in [-0.2, 0) is 19.7 Å². The van der Waals surface area contributed by atoms with Crippen LogP contribution in [0.2, 0.25) is 5.02 Å². The highest BCUT2D eigenvalue weighted by Crippen LogP contribution is 2.46. The number of allylic oxidation sites excluding steroid dienone is 1. The Kier molecular flexibility index (Phi) is 5.99. The number of rotatable bonds is 6. The molecule has 0 atom stereocenters. The second kappa shape index (κ2) is 8.29. The summed E-state index contributed by atoms with van der Waals surface area (Å²) in [6.07, 6.45) is 1.55. The number of halogens is 1. The smallest absolute Gasteiger partial charge is 0.344 e. The second-order valence-corrected chi connectivity index (χ2v) is 7.96. The van der Waals surface area contributed by atoms with Crippen molar-refractivity contribution in [2.24, 2.45) is 0 Å². The Morgan fingerprint density at radius 2 is 1.86 bits per heavy atom. The molecule has 152 valence electrons. The Labute approximate surface area is 175 Å². The van der Waals surface area contributed by atoms with Gasteiger partial charge in [-0.15, -0.1) is 0 Å². The summed E-state index contributed by atoms with van der Waals surface area (Å²) in [7, 11) is 1.93. The van der Waals surface area contributed by atoms with E-state index in [1.54, 1.807) is 24.3 Å². The standard InChI is InChI=1S/C23H24ClNO4/c1-15-11-17(9-10-19(15)24)28-14-22(27)29-13-16(26)12-21-23(2,3)18-7-5-6-8-20(18)25(21)4/h5-12H,13-14H2,1-4H3. The number of benzene rings is 2. The molecule has 29 heavy (non-hydrogen) atoms. The average Bonchev–Trinajstić information content (AvgIpc) is 2.88. The van der Waals surface area contributed by atoms with E-state index in [2.05, 4.69) is 19.9 Å². The Morgan fingerprint density at radius 1 is 1.14 bits per heavy atom. The van der Waals surface area contributed by atoms with E-state index in [4.69, 9.17) is 21.1 Å². The Balaban J connectivity index is 1.57. The second-order valence-electron chi connectivity index (χ2n) is 7.56. The van der Waals surface area contributed by atoms with Gasteiger partial charge in [0.15, 0.2) is 19.0 Å². The quantitative estimate of drug-likeness (QED) is 0.517. The minimum atomic E-state index is -0.605. The third-order valence-electron chi connectivity index (χ3n) is 5.10. The van der Waals surface area contributed by atoms with Crippen molar-refractivity contribution in [3.05, 3.63) is 70.4 Å². The van der Waals surface area contributed by atoms with Crippen molar-refractivity contribution in [1.82, 2.24) is 0 Å². The molecule has 0 aliphatic carbocycles. The van der Waals surface area contributed by atoms with Gasteiger partial charge in [-0.3, -0.25) is 4.79 Å². The number of ether oxygens (including phenoxy) is 2. The lowest BCUT2D eigenvalue weighted by Crippen LogP contribution is -2.25. The number of para-hydroxylation sites is 1. The van der Waals surface area contributed by atoms with Crippen LogP contribution in [-0.4, -0.2) is 32.0 Å². The summed E-state index contributed by atoms with van der Waals surface area (Å²) < 4.78 is 10.5. The molecular formula is C23H24ClNO4. The summed E-state index contributed by atoms with van der Waals surface area (Å²) >= 11 is 5.96. The number of carbonyl (C=O) groups excluding carboxylic acids is 2. The number of likely N-dealkylation sites (N-methyl/N-ethyl adjacent to an activating group) is 1. The predicted octanol–water partition coefficient (Wildman–Crippen LogP) is 4.45. The van der Waals surface area contributed by atoms with Crippen molar-refractivity contribution < 1.29 is 19.1 Å². The molecular weight excluding hydrogens is 390 g/mol. The Morgan fingerprint density at radius 3 is 2.55 bits per heavy atom. The highest BCUT2D eigenvalue weighted by atomic mass is 35.5. The summed E-state index contributed by atoms with van der Waals surface area (Å²) in [5, 5.41) is 0.625. The molecule has 0 amide bonds. The molecule has 0 unspecified atom stereocenters. The van der Waals surface area contributed by atoms with E-state index >= 15 is 0 Å². The van der Waals surface area contributed by atoms with Gasteiger partial charge in [-0.05, 0) is 42.3 Å². The molecule has 1 aliphatic rings. The zero-order valence-electron chi connectivity index (χ0n) is 17.0. The molecule has 0 N–H and O–H groups in total. The average molecular weight is 414 g/mol. The first-order chi connectivity index (χ1) is 13.7. The van der Waals surface area contributed by atoms with E-state index in [-0.39, 0.29) is 24.4 Å². The van der Waals surface area contributed by atoms with Crippen LogP contribution in [0, 0.1) is 6.92 Å². The van der Waals surface area contributed by atoms with E-state index in [0.29, 0.717) is 10.8 Å². The summed E-state index contributed by atoms with van der Waals surface area (Å²) in [6.45, 7) is 5.39. The summed E-state index contributed by atoms with van der Waals surface area (Å²) in [5.74, 6) is -0.362. The molecule has 0 spiro atoms. The van der Waals surface area contributed by atoms with E-state index in [9.17, 15) is 9.59 Å². The fourth-order valence-electron chi connectivity index (χ4n) is 3.50. The molecule has 2 aromatic rings. The topological polar surface area (TPSA) is 55.8 Å². The SMILES string of the molecule is Cc1cc(OCC(=O)OCC(=O)C=C2N(C)c3ccccc3C2(C)C)ccc1Cl. The lowest BCUT2D eigenvalue weighted by Gasteiger charge is -2.23. The van der Waals surface area contributed by atoms with Gasteiger partial charge in [0, 0.05) is 34.9 Å². The molecule has 0 saturated heterocycles. The third-order valence-corrected chi connectivity index (χ3v) is 5.52. The van der Waals surface area contributed by atoms with E-state index in [1.807, 2.05) is 37.1 Å². The minimum Gasteiger partial charge on any atom is -0.482 e. The number of ketones is 1. The fourth-order valence-corrected chi connectivity index (χ4v) is 3.61. The van der Waals surface area contributed by atoms with Gasteiger partial charge in [0.05, 0.1) is 0 Å². The van der Waals surface area contributed by atoms with E-state index in [1.165, 1.54) is 0 Å². The molecule has 1 heterocycles. The van der Waals surface area contributed by atoms with Crippen molar-refractivity contribution in [3.8, 4) is 5.75 Å². The first-order valence-electron chi connectivity index (χ1n) is 9.33. The van der Waals surface area contributed by atoms with Crippen LogP contribution in [0.25, 0.3) is 0 Å². The number of hydrogen-bond acceptors (Lipinski definition) is 5. The maximum atomic E-state index is 12.4. The first kappa shape index (κ1) is 20.9. The zero-order chi connectivity index (χ0) is 21.2. The number of hydrogen-bond donors (Lipinski definition) is 0. The van der Waals surface area contributed by atoms with Gasteiger partial charge >= 0.3 is 5.97 Å². The Hall–Kier alpha value is -2.79. The number of anilines is 1. The van der Waals surface area contributed by atoms with Gasteiger partial charge in [0.1, 0.15) is 5.75 Å². The van der Waals surface area contributed by atoms with Crippen molar-refractivity contribution in [1.29, 1.82) is 0 Å². The maximum Gasteiger partial charge on any atom is 0.344 e. The van der Waals surface area contributed by atoms with Gasteiger partial charge < -0.3 is 14.4 Å². The molecule has 0 saturated carbocycles. The molecule has 1 aliphatic heterocycles. The molecule has 5 nitrogen and oxygen atoms in total. The third kappa shape index (κ3) is 4.46. The number of carbonyl (C=O) groups is 2. The van der Waals surface area contributed by atoms with Crippen LogP contribution in [0.4, 0.5) is 5.69 Å². The van der Waals surface area contributed by atoms with Gasteiger partial charge in [0.25, 0.3) is 0 Å². The highest BCUT2D eigenvalue weighted by molar-refractivity contribution is 6.31. The van der Waals surface area contributed by atoms with Crippen LogP contribution in [0.15, 0.2) is 54.2 Å². The normalized spacial score (nSPS) is 15.9. The molecule has 2 aromatic carbocycles. The minimum absolute atomic E-state index is 0.275. The zero-order valence-corrected chi connectivity index (χ0v) is 17.7. The summed E-state index contributed by atoms with van der Waals surface area (Å²) in [5.41, 5.74) is 3.64. The van der Waals surface area contributed by atoms with Crippen LogP contribution in [0.5, 0.6) is 5.75 Å². The first-order valence-corrected chi connectivity index (χ1v) is 9.71. The lowest BCUT2D eigenvalue weighted by molar-refractivity contribution is -0.148. The molecule has 0 bridgehead atoms. The van der Waals surface area contributed by atoms with Gasteiger partial charge in [-0.25, -0.2) is 4.79 Å². The van der Waals surface area contributed by atoms with Crippen molar-refractivity contribution >= 4 is 29.0 Å². The molecule has 6 heteroatoms. The molecule has 0 radical (unpaired) electrons. The van der Waals surface area contributed by atoms with Crippen LogP contribution in [0.1, 0.15) is 25.0 Å².